The normalized spacial score (nSPS) is 25.2. The van der Waals surface area contributed by atoms with E-state index >= 15 is 0 Å². The molecule has 1 unspecified atom stereocenters. The Morgan fingerprint density at radius 1 is 1.50 bits per heavy atom. The molecule has 0 N–H and O–H groups in total. The fraction of sp³-hybridized carbons (Fsp3) is 0.200. The standard InChI is InChI=1S/C5H6N2S/c6-7-8-4-2-1-3-5-8/h1-4H,5H2. The summed E-state index contributed by atoms with van der Waals surface area (Å²) >= 11 is 0. The number of nitrogens with zero attached hydrogens (tertiary/aromatic N) is 2. The number of rotatable bonds is 0. The molecule has 0 aromatic rings. The Labute approximate surface area is 50.5 Å². The van der Waals surface area contributed by atoms with E-state index in [1.54, 1.807) is 0 Å². The van der Waals surface area contributed by atoms with Gasteiger partial charge in [0.1, 0.15) is 0 Å². The molecule has 0 saturated heterocycles. The van der Waals surface area contributed by atoms with E-state index in [2.05, 4.69) is 4.16 Å². The summed E-state index contributed by atoms with van der Waals surface area (Å²) in [5, 5.41) is 1.89. The Hall–Kier alpha value is -0.660. The maximum Gasteiger partial charge on any atom is 0.187 e. The van der Waals surface area contributed by atoms with Crippen molar-refractivity contribution in [3.05, 3.63) is 29.2 Å². The number of allylic oxidation sites excluding steroid dienone is 2. The van der Waals surface area contributed by atoms with Gasteiger partial charge in [-0.2, -0.15) is 0 Å². The monoisotopic (exact) mass is 126 g/mol. The number of hydrogen-bond acceptors (Lipinski definition) is 0. The van der Waals surface area contributed by atoms with Gasteiger partial charge in [0.05, 0.1) is 5.75 Å². The van der Waals surface area contributed by atoms with Crippen LogP contribution in [0, 0.1) is 0 Å². The maximum absolute atomic E-state index is 8.24. The molecule has 0 radical (unpaired) electrons. The zero-order valence-electron chi connectivity index (χ0n) is 4.32. The third kappa shape index (κ3) is 1.15. The van der Waals surface area contributed by atoms with Crippen molar-refractivity contribution in [1.29, 1.82) is 0 Å². The summed E-state index contributed by atoms with van der Waals surface area (Å²) < 4.78 is 3.14. The lowest BCUT2D eigenvalue weighted by atomic mass is 10.5. The highest BCUT2D eigenvalue weighted by molar-refractivity contribution is 7.89. The SMILES string of the molecule is [N-]=[N+]=S1C=CC=CC1. The molecule has 0 spiro atoms. The molecule has 0 saturated carbocycles. The largest absolute Gasteiger partial charge is 0.351 e. The fourth-order valence-electron chi connectivity index (χ4n) is 0.485. The summed E-state index contributed by atoms with van der Waals surface area (Å²) in [6.07, 6.45) is 5.84. The van der Waals surface area contributed by atoms with Crippen LogP contribution >= 0.6 is 0 Å². The van der Waals surface area contributed by atoms with Gasteiger partial charge in [0.2, 0.25) is 0 Å². The Morgan fingerprint density at radius 3 is 2.75 bits per heavy atom. The zero-order valence-corrected chi connectivity index (χ0v) is 5.14. The first-order valence-electron chi connectivity index (χ1n) is 2.32. The van der Waals surface area contributed by atoms with E-state index in [9.17, 15) is 0 Å². The van der Waals surface area contributed by atoms with E-state index in [1.807, 2.05) is 23.6 Å². The summed E-state index contributed by atoms with van der Waals surface area (Å²) in [5.74, 6) is 0.854. The molecule has 0 amide bonds. The van der Waals surface area contributed by atoms with Gasteiger partial charge in [0.15, 0.2) is 10.7 Å². The first-order valence-corrected chi connectivity index (χ1v) is 3.73. The Balaban J connectivity index is 2.80. The van der Waals surface area contributed by atoms with E-state index in [4.69, 9.17) is 5.53 Å². The Kier molecular flexibility index (Phi) is 1.78. The van der Waals surface area contributed by atoms with Crippen LogP contribution in [0.5, 0.6) is 0 Å². The molecule has 1 atom stereocenters. The Bertz CT molecular complexity index is 187. The van der Waals surface area contributed by atoms with Crippen molar-refractivity contribution in [2.24, 2.45) is 0 Å². The quantitative estimate of drug-likeness (QED) is 0.342. The highest BCUT2D eigenvalue weighted by Crippen LogP contribution is 1.93. The van der Waals surface area contributed by atoms with E-state index < -0.39 is 0 Å². The van der Waals surface area contributed by atoms with Gasteiger partial charge in [-0.25, -0.2) is 0 Å². The molecule has 0 aliphatic carbocycles. The Morgan fingerprint density at radius 2 is 2.38 bits per heavy atom. The third-order valence-electron chi connectivity index (χ3n) is 0.855. The molecule has 1 aliphatic rings. The molecule has 0 aromatic heterocycles. The van der Waals surface area contributed by atoms with Crippen LogP contribution < -0.4 is 4.16 Å². The predicted molar refractivity (Wildman–Crippen MR) is 36.0 cm³/mol. The van der Waals surface area contributed by atoms with Crippen LogP contribution in [0.3, 0.4) is 0 Å². The van der Waals surface area contributed by atoms with Crippen molar-refractivity contribution in [2.45, 2.75) is 0 Å². The lowest BCUT2D eigenvalue weighted by Crippen LogP contribution is -1.93. The lowest BCUT2D eigenvalue weighted by Gasteiger charge is -1.86. The molecule has 0 fully saturated rings. The van der Waals surface area contributed by atoms with Gasteiger partial charge in [-0.05, 0) is 0 Å². The van der Waals surface area contributed by atoms with E-state index in [0.717, 1.165) is 5.75 Å². The van der Waals surface area contributed by atoms with Gasteiger partial charge >= 0.3 is 0 Å². The van der Waals surface area contributed by atoms with Crippen LogP contribution in [-0.4, -0.2) is 5.75 Å². The second-order valence-corrected chi connectivity index (χ2v) is 2.98. The van der Waals surface area contributed by atoms with Crippen LogP contribution in [0.2, 0.25) is 0 Å². The minimum absolute atomic E-state index is 0.238. The molecule has 1 aliphatic heterocycles. The summed E-state index contributed by atoms with van der Waals surface area (Å²) in [7, 11) is -0.238. The van der Waals surface area contributed by atoms with Gasteiger partial charge in [0, 0.05) is 5.41 Å². The first-order chi connectivity index (χ1) is 3.93. The molecule has 8 heavy (non-hydrogen) atoms. The molecule has 42 valence electrons. The first kappa shape index (κ1) is 5.48. The van der Waals surface area contributed by atoms with Crippen molar-refractivity contribution in [3.63, 3.8) is 0 Å². The minimum Gasteiger partial charge on any atom is -0.351 e. The second-order valence-electron chi connectivity index (χ2n) is 1.41. The predicted octanol–water partition coefficient (Wildman–Crippen LogP) is 0.961. The summed E-state index contributed by atoms with van der Waals surface area (Å²) in [5.41, 5.74) is 8.24. The lowest BCUT2D eigenvalue weighted by molar-refractivity contribution is 1.64. The second kappa shape index (κ2) is 2.60. The molecule has 0 bridgehead atoms. The molecular formula is C5H6N2S. The van der Waals surface area contributed by atoms with E-state index in [-0.39, 0.29) is 10.7 Å². The van der Waals surface area contributed by atoms with Crippen molar-refractivity contribution in [1.82, 2.24) is 4.16 Å². The maximum atomic E-state index is 8.24. The smallest absolute Gasteiger partial charge is 0.187 e. The van der Waals surface area contributed by atoms with Crippen molar-refractivity contribution >= 4 is 10.7 Å². The fourth-order valence-corrected chi connectivity index (χ4v) is 1.30. The van der Waals surface area contributed by atoms with Gasteiger partial charge < -0.3 is 5.53 Å². The van der Waals surface area contributed by atoms with Gasteiger partial charge in [-0.15, -0.1) is 4.16 Å². The molecule has 1 heterocycles. The van der Waals surface area contributed by atoms with Crippen LogP contribution in [0.1, 0.15) is 0 Å². The summed E-state index contributed by atoms with van der Waals surface area (Å²) in [6.45, 7) is 0. The molecule has 3 heteroatoms. The summed E-state index contributed by atoms with van der Waals surface area (Å²) in [6, 6.07) is 0. The highest BCUT2D eigenvalue weighted by Gasteiger charge is 1.97. The van der Waals surface area contributed by atoms with E-state index in [0.29, 0.717) is 0 Å². The minimum atomic E-state index is -0.238. The highest BCUT2D eigenvalue weighted by atomic mass is 32.2. The third-order valence-corrected chi connectivity index (χ3v) is 2.07. The van der Waals surface area contributed by atoms with Gasteiger partial charge in [0.25, 0.3) is 0 Å². The number of hydrogen-bond donors (Lipinski definition) is 0. The average Bonchev–Trinajstić information content (AvgIpc) is 1.90. The molecule has 1 rings (SSSR count). The molecule has 2 nitrogen and oxygen atoms in total. The van der Waals surface area contributed by atoms with Crippen molar-refractivity contribution < 1.29 is 0 Å². The summed E-state index contributed by atoms with van der Waals surface area (Å²) in [4.78, 5) is 0. The van der Waals surface area contributed by atoms with Crippen LogP contribution in [-0.2, 0) is 10.7 Å². The topological polar surface area (TPSA) is 36.4 Å². The van der Waals surface area contributed by atoms with Crippen molar-refractivity contribution in [3.8, 4) is 0 Å². The van der Waals surface area contributed by atoms with Gasteiger partial charge in [-0.1, -0.05) is 18.2 Å². The molecule has 0 aromatic carbocycles. The van der Waals surface area contributed by atoms with Crippen LogP contribution in [0.15, 0.2) is 23.6 Å². The van der Waals surface area contributed by atoms with Crippen LogP contribution in [0.4, 0.5) is 0 Å². The van der Waals surface area contributed by atoms with Crippen molar-refractivity contribution in [2.75, 3.05) is 5.75 Å². The van der Waals surface area contributed by atoms with E-state index in [1.165, 1.54) is 0 Å². The van der Waals surface area contributed by atoms with Crippen LogP contribution in [0.25, 0.3) is 5.53 Å². The zero-order chi connectivity index (χ0) is 5.82. The van der Waals surface area contributed by atoms with Gasteiger partial charge in [-0.3, -0.25) is 0 Å². The molecular weight excluding hydrogens is 120 g/mol. The average molecular weight is 126 g/mol.